The fourth-order valence-electron chi connectivity index (χ4n) is 2.49. The van der Waals surface area contributed by atoms with E-state index in [1.807, 2.05) is 13.0 Å². The van der Waals surface area contributed by atoms with E-state index < -0.39 is 0 Å². The van der Waals surface area contributed by atoms with Crippen LogP contribution in [-0.4, -0.2) is 37.6 Å². The molecule has 22 heavy (non-hydrogen) atoms. The van der Waals surface area contributed by atoms with Crippen LogP contribution >= 0.6 is 0 Å². The number of nitrogens with zero attached hydrogens (tertiary/aromatic N) is 1. The Bertz CT molecular complexity index is 541. The number of methoxy groups -OCH3 is 2. The number of amides is 3. The summed E-state index contributed by atoms with van der Waals surface area (Å²) < 4.78 is 10.5. The van der Waals surface area contributed by atoms with E-state index in [9.17, 15) is 9.59 Å². The zero-order valence-corrected chi connectivity index (χ0v) is 13.2. The van der Waals surface area contributed by atoms with E-state index in [1.54, 1.807) is 26.4 Å². The number of urea groups is 1. The van der Waals surface area contributed by atoms with Crippen molar-refractivity contribution >= 4 is 11.9 Å². The third-order valence-electron chi connectivity index (χ3n) is 3.77. The second-order valence-electron chi connectivity index (χ2n) is 5.22. The predicted molar refractivity (Wildman–Crippen MR) is 82.1 cm³/mol. The number of benzene rings is 1. The molecule has 1 aliphatic heterocycles. The van der Waals surface area contributed by atoms with Crippen molar-refractivity contribution in [1.29, 1.82) is 0 Å². The van der Waals surface area contributed by atoms with Gasteiger partial charge in [-0.2, -0.15) is 0 Å². The molecule has 1 aromatic carbocycles. The second-order valence-corrected chi connectivity index (χ2v) is 5.22. The van der Waals surface area contributed by atoms with Gasteiger partial charge in [0.1, 0.15) is 0 Å². The van der Waals surface area contributed by atoms with Crippen LogP contribution in [0.3, 0.4) is 0 Å². The number of ether oxygens (including phenoxy) is 2. The molecule has 3 amide bonds. The van der Waals surface area contributed by atoms with E-state index in [0.717, 1.165) is 18.4 Å². The molecule has 0 unspecified atom stereocenters. The van der Waals surface area contributed by atoms with Crippen LogP contribution in [0.1, 0.15) is 37.8 Å². The largest absolute Gasteiger partial charge is 0.493 e. The molecule has 2 rings (SSSR count). The van der Waals surface area contributed by atoms with Crippen molar-refractivity contribution in [3.8, 4) is 11.5 Å². The van der Waals surface area contributed by atoms with Crippen LogP contribution in [0.2, 0.25) is 0 Å². The van der Waals surface area contributed by atoms with Crippen molar-refractivity contribution in [2.24, 2.45) is 0 Å². The molecular formula is C16H22N2O4. The molecule has 6 heteroatoms. The number of nitrogens with one attached hydrogen (secondary N) is 1. The Kier molecular flexibility index (Phi) is 5.25. The standard InChI is InChI=1S/C16H22N2O4/c1-4-5-8-18-15(19)10-12(17-16(18)20)11-6-7-13(21-2)14(9-11)22-3/h6-7,9,12H,4-5,8,10H2,1-3H3,(H,17,20)/t12-/m0/s1. The van der Waals surface area contributed by atoms with Crippen molar-refractivity contribution in [3.63, 3.8) is 0 Å². The number of hydrogen-bond acceptors (Lipinski definition) is 4. The van der Waals surface area contributed by atoms with E-state index in [1.165, 1.54) is 4.90 Å². The summed E-state index contributed by atoms with van der Waals surface area (Å²) in [7, 11) is 3.12. The number of hydrogen-bond donors (Lipinski definition) is 1. The Morgan fingerprint density at radius 2 is 1.95 bits per heavy atom. The summed E-state index contributed by atoms with van der Waals surface area (Å²) in [5.41, 5.74) is 0.828. The van der Waals surface area contributed by atoms with Gasteiger partial charge in [0, 0.05) is 6.54 Å². The molecule has 120 valence electrons. The maximum atomic E-state index is 12.2. The minimum absolute atomic E-state index is 0.142. The molecular weight excluding hydrogens is 284 g/mol. The third-order valence-corrected chi connectivity index (χ3v) is 3.77. The quantitative estimate of drug-likeness (QED) is 0.876. The highest BCUT2D eigenvalue weighted by molar-refractivity contribution is 5.97. The first-order valence-corrected chi connectivity index (χ1v) is 7.43. The van der Waals surface area contributed by atoms with Gasteiger partial charge < -0.3 is 14.8 Å². The van der Waals surface area contributed by atoms with Gasteiger partial charge in [0.05, 0.1) is 26.7 Å². The van der Waals surface area contributed by atoms with Gasteiger partial charge in [-0.15, -0.1) is 0 Å². The van der Waals surface area contributed by atoms with Gasteiger partial charge in [-0.25, -0.2) is 4.79 Å². The molecule has 0 aromatic heterocycles. The molecule has 0 saturated carbocycles. The average molecular weight is 306 g/mol. The summed E-state index contributed by atoms with van der Waals surface area (Å²) in [4.78, 5) is 25.6. The van der Waals surface area contributed by atoms with Crippen molar-refractivity contribution in [2.75, 3.05) is 20.8 Å². The normalized spacial score (nSPS) is 18.1. The van der Waals surface area contributed by atoms with E-state index in [0.29, 0.717) is 18.0 Å². The van der Waals surface area contributed by atoms with Gasteiger partial charge in [-0.05, 0) is 24.1 Å². The SMILES string of the molecule is CCCCN1C(=O)C[C@@H](c2ccc(OC)c(OC)c2)NC1=O. The Morgan fingerprint density at radius 3 is 2.55 bits per heavy atom. The minimum atomic E-state index is -0.335. The Labute approximate surface area is 130 Å². The van der Waals surface area contributed by atoms with Crippen molar-refractivity contribution in [2.45, 2.75) is 32.2 Å². The van der Waals surface area contributed by atoms with Crippen LogP contribution in [0.25, 0.3) is 0 Å². The molecule has 1 atom stereocenters. The highest BCUT2D eigenvalue weighted by atomic mass is 16.5. The van der Waals surface area contributed by atoms with Gasteiger partial charge >= 0.3 is 6.03 Å². The highest BCUT2D eigenvalue weighted by Crippen LogP contribution is 2.32. The minimum Gasteiger partial charge on any atom is -0.493 e. The maximum Gasteiger partial charge on any atom is 0.324 e. The van der Waals surface area contributed by atoms with Gasteiger partial charge in [-0.3, -0.25) is 9.69 Å². The topological polar surface area (TPSA) is 67.9 Å². The fraction of sp³-hybridized carbons (Fsp3) is 0.500. The summed E-state index contributed by atoms with van der Waals surface area (Å²) in [5, 5.41) is 2.88. The van der Waals surface area contributed by atoms with Gasteiger partial charge in [-0.1, -0.05) is 19.4 Å². The Morgan fingerprint density at radius 1 is 1.23 bits per heavy atom. The number of unbranched alkanes of at least 4 members (excludes halogenated alkanes) is 1. The summed E-state index contributed by atoms with van der Waals surface area (Å²) in [5.74, 6) is 1.05. The molecule has 1 aromatic rings. The first-order chi connectivity index (χ1) is 10.6. The highest BCUT2D eigenvalue weighted by Gasteiger charge is 2.32. The summed E-state index contributed by atoms with van der Waals surface area (Å²) in [6.07, 6.45) is 2.02. The molecule has 1 heterocycles. The van der Waals surface area contributed by atoms with E-state index >= 15 is 0 Å². The Hall–Kier alpha value is -2.24. The monoisotopic (exact) mass is 306 g/mol. The summed E-state index contributed by atoms with van der Waals surface area (Å²) >= 11 is 0. The summed E-state index contributed by atoms with van der Waals surface area (Å²) in [6, 6.07) is 4.73. The van der Waals surface area contributed by atoms with Gasteiger partial charge in [0.2, 0.25) is 5.91 Å². The first-order valence-electron chi connectivity index (χ1n) is 7.43. The third kappa shape index (κ3) is 3.32. The van der Waals surface area contributed by atoms with Crippen LogP contribution in [-0.2, 0) is 4.79 Å². The lowest BCUT2D eigenvalue weighted by molar-refractivity contribution is -0.130. The van der Waals surface area contributed by atoms with Gasteiger partial charge in [0.15, 0.2) is 11.5 Å². The molecule has 1 aliphatic rings. The van der Waals surface area contributed by atoms with Crippen LogP contribution in [0, 0.1) is 0 Å². The lowest BCUT2D eigenvalue weighted by Gasteiger charge is -2.31. The maximum absolute atomic E-state index is 12.2. The zero-order valence-electron chi connectivity index (χ0n) is 13.2. The zero-order chi connectivity index (χ0) is 16.1. The molecule has 0 bridgehead atoms. The number of rotatable bonds is 6. The van der Waals surface area contributed by atoms with E-state index in [4.69, 9.17) is 9.47 Å². The van der Waals surface area contributed by atoms with E-state index in [-0.39, 0.29) is 24.4 Å². The number of carbonyl (C=O) groups excluding carboxylic acids is 2. The van der Waals surface area contributed by atoms with Crippen molar-refractivity contribution in [3.05, 3.63) is 23.8 Å². The van der Waals surface area contributed by atoms with E-state index in [2.05, 4.69) is 5.32 Å². The first kappa shape index (κ1) is 16.1. The molecule has 0 spiro atoms. The molecule has 1 saturated heterocycles. The van der Waals surface area contributed by atoms with Crippen LogP contribution < -0.4 is 14.8 Å². The smallest absolute Gasteiger partial charge is 0.324 e. The van der Waals surface area contributed by atoms with Crippen LogP contribution in [0.4, 0.5) is 4.79 Å². The van der Waals surface area contributed by atoms with Crippen LogP contribution in [0.5, 0.6) is 11.5 Å². The summed E-state index contributed by atoms with van der Waals surface area (Å²) in [6.45, 7) is 2.50. The van der Waals surface area contributed by atoms with Crippen molar-refractivity contribution in [1.82, 2.24) is 10.2 Å². The molecule has 6 nitrogen and oxygen atoms in total. The number of carbonyl (C=O) groups is 2. The van der Waals surface area contributed by atoms with Gasteiger partial charge in [0.25, 0.3) is 0 Å². The molecule has 0 radical (unpaired) electrons. The van der Waals surface area contributed by atoms with Crippen LogP contribution in [0.15, 0.2) is 18.2 Å². The second kappa shape index (κ2) is 7.15. The molecule has 1 N–H and O–H groups in total. The Balaban J connectivity index is 2.15. The molecule has 0 aliphatic carbocycles. The predicted octanol–water partition coefficient (Wildman–Crippen LogP) is 2.49. The van der Waals surface area contributed by atoms with Crippen molar-refractivity contribution < 1.29 is 19.1 Å². The average Bonchev–Trinajstić information content (AvgIpc) is 2.53. The lowest BCUT2D eigenvalue weighted by Crippen LogP contribution is -2.51. The number of imide groups is 1. The lowest BCUT2D eigenvalue weighted by atomic mass is 10.0. The fourth-order valence-corrected chi connectivity index (χ4v) is 2.49. The molecule has 1 fully saturated rings.